The van der Waals surface area contributed by atoms with Crippen molar-refractivity contribution >= 4 is 17.7 Å². The first-order valence-electron chi connectivity index (χ1n) is 9.19. The second-order valence-corrected chi connectivity index (χ2v) is 6.67. The number of hydrogen-bond acceptors (Lipinski definition) is 4. The number of carbonyl (C=O) groups is 3. The molecule has 1 N–H and O–H groups in total. The Morgan fingerprint density at radius 3 is 2.50 bits per heavy atom. The summed E-state index contributed by atoms with van der Waals surface area (Å²) >= 11 is 0. The Morgan fingerprint density at radius 1 is 1.12 bits per heavy atom. The van der Waals surface area contributed by atoms with E-state index in [4.69, 9.17) is 9.84 Å². The Labute approximate surface area is 154 Å². The molecule has 0 aliphatic carbocycles. The molecule has 1 amide bonds. The van der Waals surface area contributed by atoms with Crippen molar-refractivity contribution < 1.29 is 24.2 Å². The number of rotatable bonds is 9. The third kappa shape index (κ3) is 5.86. The van der Waals surface area contributed by atoms with Crippen molar-refractivity contribution in [2.45, 2.75) is 57.4 Å². The van der Waals surface area contributed by atoms with Crippen LogP contribution in [0, 0.1) is 0 Å². The maximum atomic E-state index is 12.5. The number of likely N-dealkylation sites (tertiary alicyclic amines) is 1. The monoisotopic (exact) mass is 361 g/mol. The van der Waals surface area contributed by atoms with Gasteiger partial charge in [-0.3, -0.25) is 14.4 Å². The van der Waals surface area contributed by atoms with E-state index >= 15 is 0 Å². The summed E-state index contributed by atoms with van der Waals surface area (Å²) in [5.74, 6) is -0.0774. The second-order valence-electron chi connectivity index (χ2n) is 6.67. The second kappa shape index (κ2) is 9.94. The number of ketones is 1. The number of Topliss-reactive ketones (excluding diaryl/α,β-unsaturated/α-hetero) is 1. The van der Waals surface area contributed by atoms with Gasteiger partial charge in [-0.05, 0) is 56.4 Å². The van der Waals surface area contributed by atoms with Crippen LogP contribution in [-0.4, -0.2) is 47.4 Å². The first-order chi connectivity index (χ1) is 12.5. The highest BCUT2D eigenvalue weighted by molar-refractivity contribution is 5.96. The van der Waals surface area contributed by atoms with Crippen LogP contribution in [-0.2, 0) is 9.59 Å². The van der Waals surface area contributed by atoms with Crippen LogP contribution in [0.15, 0.2) is 24.3 Å². The van der Waals surface area contributed by atoms with Crippen LogP contribution >= 0.6 is 0 Å². The minimum Gasteiger partial charge on any atom is -0.497 e. The number of carboxylic acids is 1. The van der Waals surface area contributed by atoms with E-state index in [1.54, 1.807) is 31.4 Å². The molecule has 1 aromatic rings. The molecule has 1 unspecified atom stereocenters. The van der Waals surface area contributed by atoms with Gasteiger partial charge in [0, 0.05) is 37.4 Å². The molecule has 0 saturated carbocycles. The van der Waals surface area contributed by atoms with Gasteiger partial charge in [0.25, 0.3) is 0 Å². The topological polar surface area (TPSA) is 83.9 Å². The average molecular weight is 361 g/mol. The molecular weight excluding hydrogens is 334 g/mol. The highest BCUT2D eigenvalue weighted by Crippen LogP contribution is 2.22. The van der Waals surface area contributed by atoms with E-state index in [1.807, 2.05) is 4.90 Å². The summed E-state index contributed by atoms with van der Waals surface area (Å²) in [6.45, 7) is 0.690. The van der Waals surface area contributed by atoms with Crippen LogP contribution in [0.4, 0.5) is 0 Å². The zero-order chi connectivity index (χ0) is 18.9. The summed E-state index contributed by atoms with van der Waals surface area (Å²) in [7, 11) is 1.58. The lowest BCUT2D eigenvalue weighted by Crippen LogP contribution is -2.43. The van der Waals surface area contributed by atoms with Gasteiger partial charge < -0.3 is 14.7 Å². The van der Waals surface area contributed by atoms with Gasteiger partial charge in [-0.2, -0.15) is 0 Å². The first kappa shape index (κ1) is 19.9. The number of methoxy groups -OCH3 is 1. The highest BCUT2D eigenvalue weighted by Gasteiger charge is 2.26. The number of benzene rings is 1. The maximum Gasteiger partial charge on any atom is 0.303 e. The van der Waals surface area contributed by atoms with Gasteiger partial charge in [0.1, 0.15) is 5.75 Å². The molecule has 2 rings (SSSR count). The fourth-order valence-corrected chi connectivity index (χ4v) is 3.38. The summed E-state index contributed by atoms with van der Waals surface area (Å²) in [6.07, 6.45) is 4.60. The van der Waals surface area contributed by atoms with E-state index in [-0.39, 0.29) is 24.2 Å². The molecule has 0 bridgehead atoms. The minimum absolute atomic E-state index is 0.0153. The third-order valence-corrected chi connectivity index (χ3v) is 4.85. The van der Waals surface area contributed by atoms with Crippen molar-refractivity contribution in [3.05, 3.63) is 29.8 Å². The van der Waals surface area contributed by atoms with Gasteiger partial charge in [-0.15, -0.1) is 0 Å². The lowest BCUT2D eigenvalue weighted by atomic mass is 9.97. The average Bonchev–Trinajstić information content (AvgIpc) is 2.66. The van der Waals surface area contributed by atoms with Crippen molar-refractivity contribution in [2.24, 2.45) is 0 Å². The molecule has 6 nitrogen and oxygen atoms in total. The molecule has 0 spiro atoms. The van der Waals surface area contributed by atoms with Gasteiger partial charge in [0.05, 0.1) is 7.11 Å². The lowest BCUT2D eigenvalue weighted by molar-refractivity contribution is -0.140. The number of amides is 1. The van der Waals surface area contributed by atoms with Gasteiger partial charge in [0.2, 0.25) is 5.91 Å². The van der Waals surface area contributed by atoms with Gasteiger partial charge in [0.15, 0.2) is 5.78 Å². The molecule has 0 radical (unpaired) electrons. The van der Waals surface area contributed by atoms with Crippen molar-refractivity contribution in [1.29, 1.82) is 0 Å². The maximum absolute atomic E-state index is 12.5. The smallest absolute Gasteiger partial charge is 0.303 e. The molecule has 1 aliphatic heterocycles. The largest absolute Gasteiger partial charge is 0.497 e. The predicted octanol–water partition coefficient (Wildman–Crippen LogP) is 3.29. The van der Waals surface area contributed by atoms with Crippen LogP contribution in [0.2, 0.25) is 0 Å². The summed E-state index contributed by atoms with van der Waals surface area (Å²) in [5.41, 5.74) is 0.621. The summed E-state index contributed by atoms with van der Waals surface area (Å²) in [4.78, 5) is 37.3. The SMILES string of the molecule is COc1ccc(C(=O)CCCC(=O)N2CCCCC2CCC(=O)O)cc1. The molecule has 6 heteroatoms. The number of carbonyl (C=O) groups excluding carboxylic acids is 2. The third-order valence-electron chi connectivity index (χ3n) is 4.85. The Balaban J connectivity index is 1.80. The fraction of sp³-hybridized carbons (Fsp3) is 0.550. The predicted molar refractivity (Wildman–Crippen MR) is 97.4 cm³/mol. The first-order valence-corrected chi connectivity index (χ1v) is 9.19. The van der Waals surface area contributed by atoms with Gasteiger partial charge in [-0.1, -0.05) is 0 Å². The van der Waals surface area contributed by atoms with Gasteiger partial charge >= 0.3 is 5.97 Å². The molecular formula is C20H27NO5. The van der Waals surface area contributed by atoms with E-state index in [0.29, 0.717) is 43.5 Å². The molecule has 142 valence electrons. The molecule has 1 aliphatic rings. The van der Waals surface area contributed by atoms with Crippen LogP contribution in [0.25, 0.3) is 0 Å². The molecule has 0 aromatic heterocycles. The standard InChI is InChI=1S/C20H27NO5/c1-26-17-11-8-15(9-12-17)18(22)6-4-7-19(23)21-14-3-2-5-16(21)10-13-20(24)25/h8-9,11-12,16H,2-7,10,13-14H2,1H3,(H,24,25). The number of carboxylic acid groups (broad SMARTS) is 1. The summed E-state index contributed by atoms with van der Waals surface area (Å²) < 4.78 is 5.08. The number of piperidine rings is 1. The molecule has 1 fully saturated rings. The van der Waals surface area contributed by atoms with Crippen LogP contribution in [0.1, 0.15) is 61.7 Å². The highest BCUT2D eigenvalue weighted by atomic mass is 16.5. The molecule has 1 heterocycles. The Kier molecular flexibility index (Phi) is 7.63. The molecule has 1 aromatic carbocycles. The fourth-order valence-electron chi connectivity index (χ4n) is 3.38. The van der Waals surface area contributed by atoms with Crippen molar-refractivity contribution in [2.75, 3.05) is 13.7 Å². The number of aliphatic carboxylic acids is 1. The molecule has 26 heavy (non-hydrogen) atoms. The van der Waals surface area contributed by atoms with E-state index in [9.17, 15) is 14.4 Å². The normalized spacial score (nSPS) is 17.0. The van der Waals surface area contributed by atoms with E-state index in [2.05, 4.69) is 0 Å². The van der Waals surface area contributed by atoms with Crippen LogP contribution in [0.3, 0.4) is 0 Å². The quantitative estimate of drug-likeness (QED) is 0.682. The summed E-state index contributed by atoms with van der Waals surface area (Å²) in [5, 5.41) is 8.86. The number of ether oxygens (including phenoxy) is 1. The molecule has 1 atom stereocenters. The van der Waals surface area contributed by atoms with Crippen LogP contribution < -0.4 is 4.74 Å². The Morgan fingerprint density at radius 2 is 1.85 bits per heavy atom. The zero-order valence-electron chi connectivity index (χ0n) is 15.3. The van der Waals surface area contributed by atoms with Crippen molar-refractivity contribution in [1.82, 2.24) is 4.90 Å². The lowest BCUT2D eigenvalue weighted by Gasteiger charge is -2.35. The Hall–Kier alpha value is -2.37. The number of hydrogen-bond donors (Lipinski definition) is 1. The Bertz CT molecular complexity index is 626. The van der Waals surface area contributed by atoms with Crippen molar-refractivity contribution in [3.8, 4) is 5.75 Å². The summed E-state index contributed by atoms with van der Waals surface area (Å²) in [6, 6.07) is 6.98. The number of nitrogens with zero attached hydrogens (tertiary/aromatic N) is 1. The van der Waals surface area contributed by atoms with Gasteiger partial charge in [-0.25, -0.2) is 0 Å². The van der Waals surface area contributed by atoms with Crippen LogP contribution in [0.5, 0.6) is 5.75 Å². The van der Waals surface area contributed by atoms with Crippen molar-refractivity contribution in [3.63, 3.8) is 0 Å². The van der Waals surface area contributed by atoms with E-state index in [0.717, 1.165) is 19.3 Å². The van der Waals surface area contributed by atoms with E-state index in [1.165, 1.54) is 0 Å². The molecule has 1 saturated heterocycles. The zero-order valence-corrected chi connectivity index (χ0v) is 15.3. The minimum atomic E-state index is -0.826. The van der Waals surface area contributed by atoms with E-state index < -0.39 is 5.97 Å².